The lowest BCUT2D eigenvalue weighted by Crippen LogP contribution is -2.49. The minimum Gasteiger partial charge on any atom is -0.494 e. The van der Waals surface area contributed by atoms with Gasteiger partial charge in [0.15, 0.2) is 11.8 Å². The standard InChI is InChI=1S/C29H42N4O4/c1-2-3-4-5-6-7-15-27(34)37-23(22-33-28(35)24-12-8-9-13-25(24)29(33)36)21-31-17-19-32(20-18-31)26-14-10-11-16-30-26/h7,10-11,14-16,23,35-36H,2-6,8-9,12-13,17-22H2,1H3. The zero-order valence-corrected chi connectivity index (χ0v) is 22.1. The van der Waals surface area contributed by atoms with Crippen molar-refractivity contribution in [2.45, 2.75) is 77.4 Å². The third kappa shape index (κ3) is 7.28. The average molecular weight is 511 g/mol. The first-order valence-electron chi connectivity index (χ1n) is 13.9. The van der Waals surface area contributed by atoms with Crippen molar-refractivity contribution < 1.29 is 19.7 Å². The van der Waals surface area contributed by atoms with Gasteiger partial charge in [-0.3, -0.25) is 9.47 Å². The van der Waals surface area contributed by atoms with Crippen LogP contribution in [-0.2, 0) is 28.9 Å². The fraction of sp³-hybridized carbons (Fsp3) is 0.586. The number of piperazine rings is 1. The van der Waals surface area contributed by atoms with Gasteiger partial charge in [-0.05, 0) is 50.7 Å². The Hall–Kier alpha value is -3.00. The van der Waals surface area contributed by atoms with E-state index in [0.717, 1.165) is 81.6 Å². The second kappa shape index (κ2) is 13.5. The first-order valence-corrected chi connectivity index (χ1v) is 13.9. The molecule has 1 atom stereocenters. The van der Waals surface area contributed by atoms with Crippen LogP contribution in [0.15, 0.2) is 36.5 Å². The maximum absolute atomic E-state index is 12.7. The summed E-state index contributed by atoms with van der Waals surface area (Å²) in [5.74, 6) is 0.824. The zero-order valence-electron chi connectivity index (χ0n) is 22.1. The second-order valence-electron chi connectivity index (χ2n) is 10.2. The van der Waals surface area contributed by atoms with E-state index in [2.05, 4.69) is 21.7 Å². The number of pyridine rings is 1. The van der Waals surface area contributed by atoms with Crippen LogP contribution in [0.4, 0.5) is 5.82 Å². The van der Waals surface area contributed by atoms with Gasteiger partial charge in [0.25, 0.3) is 0 Å². The number of nitrogens with zero attached hydrogens (tertiary/aromatic N) is 4. The third-order valence-electron chi connectivity index (χ3n) is 7.47. The number of aromatic nitrogens is 2. The smallest absolute Gasteiger partial charge is 0.330 e. The monoisotopic (exact) mass is 510 g/mol. The molecule has 0 amide bonds. The van der Waals surface area contributed by atoms with E-state index in [1.807, 2.05) is 30.5 Å². The van der Waals surface area contributed by atoms with Crippen molar-refractivity contribution in [2.75, 3.05) is 37.6 Å². The first-order chi connectivity index (χ1) is 18.1. The van der Waals surface area contributed by atoms with Crippen LogP contribution in [-0.4, -0.2) is 69.5 Å². The highest BCUT2D eigenvalue weighted by atomic mass is 16.5. The average Bonchev–Trinajstić information content (AvgIpc) is 3.16. The maximum Gasteiger partial charge on any atom is 0.330 e. The van der Waals surface area contributed by atoms with Gasteiger partial charge in [0.2, 0.25) is 0 Å². The molecule has 0 bridgehead atoms. The summed E-state index contributed by atoms with van der Waals surface area (Å²) in [5.41, 5.74) is 1.68. The molecule has 2 aromatic heterocycles. The van der Waals surface area contributed by atoms with E-state index in [1.165, 1.54) is 29.9 Å². The molecule has 202 valence electrons. The Balaban J connectivity index is 1.40. The molecule has 1 unspecified atom stereocenters. The lowest BCUT2D eigenvalue weighted by Gasteiger charge is -2.36. The number of hydrogen-bond donors (Lipinski definition) is 2. The number of allylic oxidation sites excluding steroid dienone is 1. The summed E-state index contributed by atoms with van der Waals surface area (Å²) in [6.07, 6.45) is 13.8. The number of anilines is 1. The molecular formula is C29H42N4O4. The SMILES string of the molecule is CCCCCCC=CC(=O)OC(CN1CCN(c2ccccn2)CC1)Cn1c(O)c2c(c1O)CCCC2. The van der Waals surface area contributed by atoms with Crippen molar-refractivity contribution >= 4 is 11.8 Å². The Morgan fingerprint density at radius 3 is 2.41 bits per heavy atom. The summed E-state index contributed by atoms with van der Waals surface area (Å²) in [6, 6.07) is 5.94. The molecule has 0 spiro atoms. The number of fused-ring (bicyclic) bond motifs is 1. The number of esters is 1. The Morgan fingerprint density at radius 1 is 1.03 bits per heavy atom. The molecule has 37 heavy (non-hydrogen) atoms. The van der Waals surface area contributed by atoms with Crippen LogP contribution in [0.25, 0.3) is 0 Å². The molecule has 2 aromatic rings. The summed E-state index contributed by atoms with van der Waals surface area (Å²) in [4.78, 5) is 21.7. The molecule has 1 saturated heterocycles. The van der Waals surface area contributed by atoms with Crippen LogP contribution in [0.5, 0.6) is 11.8 Å². The molecule has 8 heteroatoms. The van der Waals surface area contributed by atoms with Crippen molar-refractivity contribution in [3.63, 3.8) is 0 Å². The topological polar surface area (TPSA) is 91.1 Å². The highest BCUT2D eigenvalue weighted by molar-refractivity contribution is 5.82. The van der Waals surface area contributed by atoms with Crippen molar-refractivity contribution in [2.24, 2.45) is 0 Å². The summed E-state index contributed by atoms with van der Waals surface area (Å²) in [5, 5.41) is 21.7. The van der Waals surface area contributed by atoms with Crippen LogP contribution in [0.3, 0.4) is 0 Å². The van der Waals surface area contributed by atoms with Crippen molar-refractivity contribution in [3.05, 3.63) is 47.7 Å². The van der Waals surface area contributed by atoms with Crippen LogP contribution < -0.4 is 4.90 Å². The number of rotatable bonds is 12. The molecule has 2 aliphatic rings. The van der Waals surface area contributed by atoms with Gasteiger partial charge in [-0.2, -0.15) is 0 Å². The number of hydrogen-bond acceptors (Lipinski definition) is 7. The van der Waals surface area contributed by atoms with E-state index in [1.54, 1.807) is 0 Å². The molecule has 0 saturated carbocycles. The van der Waals surface area contributed by atoms with Crippen LogP contribution >= 0.6 is 0 Å². The molecule has 4 rings (SSSR count). The molecular weight excluding hydrogens is 468 g/mol. The molecule has 1 fully saturated rings. The van der Waals surface area contributed by atoms with Crippen LogP contribution in [0.1, 0.15) is 63.0 Å². The fourth-order valence-electron chi connectivity index (χ4n) is 5.39. The summed E-state index contributed by atoms with van der Waals surface area (Å²) in [7, 11) is 0. The lowest BCUT2D eigenvalue weighted by molar-refractivity contribution is -0.144. The number of unbranched alkanes of at least 4 members (excludes halogenated alkanes) is 4. The fourth-order valence-corrected chi connectivity index (χ4v) is 5.39. The molecule has 3 heterocycles. The minimum atomic E-state index is -0.496. The zero-order chi connectivity index (χ0) is 26.0. The van der Waals surface area contributed by atoms with E-state index >= 15 is 0 Å². The number of carbonyl (C=O) groups is 1. The first kappa shape index (κ1) is 27.0. The van der Waals surface area contributed by atoms with Gasteiger partial charge in [0.05, 0.1) is 6.54 Å². The molecule has 0 aromatic carbocycles. The third-order valence-corrected chi connectivity index (χ3v) is 7.47. The van der Waals surface area contributed by atoms with Gasteiger partial charge >= 0.3 is 5.97 Å². The summed E-state index contributed by atoms with van der Waals surface area (Å²) < 4.78 is 7.44. The minimum absolute atomic E-state index is 0.111. The van der Waals surface area contributed by atoms with Gasteiger partial charge in [-0.25, -0.2) is 9.78 Å². The summed E-state index contributed by atoms with van der Waals surface area (Å²) in [6.45, 7) is 6.25. The molecule has 8 nitrogen and oxygen atoms in total. The quantitative estimate of drug-likeness (QED) is 0.248. The van der Waals surface area contributed by atoms with Gasteiger partial charge in [-0.15, -0.1) is 0 Å². The molecule has 1 aliphatic carbocycles. The Labute approximate surface area is 220 Å². The van der Waals surface area contributed by atoms with Crippen molar-refractivity contribution in [1.82, 2.24) is 14.5 Å². The second-order valence-corrected chi connectivity index (χ2v) is 10.2. The maximum atomic E-state index is 12.7. The van der Waals surface area contributed by atoms with Gasteiger partial charge in [-0.1, -0.05) is 38.3 Å². The molecule has 1 aliphatic heterocycles. The number of aromatic hydroxyl groups is 2. The molecule has 0 radical (unpaired) electrons. The van der Waals surface area contributed by atoms with E-state index in [0.29, 0.717) is 6.54 Å². The van der Waals surface area contributed by atoms with E-state index in [4.69, 9.17) is 4.74 Å². The lowest BCUT2D eigenvalue weighted by atomic mass is 9.95. The van der Waals surface area contributed by atoms with Crippen LogP contribution in [0, 0.1) is 0 Å². The predicted octanol–water partition coefficient (Wildman–Crippen LogP) is 4.43. The number of ether oxygens (including phenoxy) is 1. The van der Waals surface area contributed by atoms with Crippen molar-refractivity contribution in [1.29, 1.82) is 0 Å². The highest BCUT2D eigenvalue weighted by Crippen LogP contribution is 2.38. The predicted molar refractivity (Wildman–Crippen MR) is 145 cm³/mol. The highest BCUT2D eigenvalue weighted by Gasteiger charge is 2.28. The van der Waals surface area contributed by atoms with Gasteiger partial charge in [0.1, 0.15) is 11.9 Å². The summed E-state index contributed by atoms with van der Waals surface area (Å²) >= 11 is 0. The Kier molecular flexibility index (Phi) is 9.88. The van der Waals surface area contributed by atoms with E-state index in [9.17, 15) is 15.0 Å². The number of carbonyl (C=O) groups excluding carboxylic acids is 1. The Morgan fingerprint density at radius 2 is 1.76 bits per heavy atom. The van der Waals surface area contributed by atoms with Gasteiger partial charge in [0, 0.05) is 56.1 Å². The van der Waals surface area contributed by atoms with Crippen LogP contribution in [0.2, 0.25) is 0 Å². The van der Waals surface area contributed by atoms with Crippen molar-refractivity contribution in [3.8, 4) is 11.8 Å². The van der Waals surface area contributed by atoms with Gasteiger partial charge < -0.3 is 19.8 Å². The molecule has 2 N–H and O–H groups in total. The van der Waals surface area contributed by atoms with E-state index in [-0.39, 0.29) is 24.3 Å². The largest absolute Gasteiger partial charge is 0.494 e. The van der Waals surface area contributed by atoms with E-state index < -0.39 is 6.10 Å². The normalized spacial score (nSPS) is 17.2. The Bertz CT molecular complexity index is 999.